The lowest BCUT2D eigenvalue weighted by Gasteiger charge is -2.07. The van der Waals surface area contributed by atoms with Gasteiger partial charge in [-0.2, -0.15) is 0 Å². The molecular formula is C13H15N3O. The summed E-state index contributed by atoms with van der Waals surface area (Å²) in [4.78, 5) is 4.04. The van der Waals surface area contributed by atoms with Crippen LogP contribution in [0.2, 0.25) is 0 Å². The van der Waals surface area contributed by atoms with Crippen LogP contribution in [0, 0.1) is 0 Å². The van der Waals surface area contributed by atoms with Gasteiger partial charge in [0.1, 0.15) is 5.75 Å². The predicted molar refractivity (Wildman–Crippen MR) is 69.0 cm³/mol. The van der Waals surface area contributed by atoms with E-state index in [1.807, 2.05) is 30.3 Å². The highest BCUT2D eigenvalue weighted by atomic mass is 16.5. The highest BCUT2D eigenvalue weighted by molar-refractivity contribution is 5.47. The van der Waals surface area contributed by atoms with Gasteiger partial charge < -0.3 is 15.8 Å². The fourth-order valence-electron chi connectivity index (χ4n) is 1.52. The average Bonchev–Trinajstić information content (AvgIpc) is 2.37. The number of anilines is 2. The van der Waals surface area contributed by atoms with Gasteiger partial charge in [-0.05, 0) is 35.9 Å². The molecule has 0 aliphatic rings. The minimum atomic E-state index is 0.680. The number of methoxy groups -OCH3 is 1. The SMILES string of the molecule is COc1ccc(NCc2cncc(N)c2)cc1. The zero-order valence-electron chi connectivity index (χ0n) is 9.68. The van der Waals surface area contributed by atoms with E-state index in [2.05, 4.69) is 10.3 Å². The van der Waals surface area contributed by atoms with E-state index in [1.54, 1.807) is 19.5 Å². The molecule has 0 aliphatic heterocycles. The Kier molecular flexibility index (Phi) is 3.45. The van der Waals surface area contributed by atoms with E-state index in [4.69, 9.17) is 10.5 Å². The summed E-state index contributed by atoms with van der Waals surface area (Å²) in [6.07, 6.45) is 3.43. The van der Waals surface area contributed by atoms with Crippen molar-refractivity contribution >= 4 is 11.4 Å². The third-order valence-electron chi connectivity index (χ3n) is 2.40. The molecule has 0 aliphatic carbocycles. The summed E-state index contributed by atoms with van der Waals surface area (Å²) in [5, 5.41) is 3.29. The van der Waals surface area contributed by atoms with Crippen molar-refractivity contribution in [1.29, 1.82) is 0 Å². The van der Waals surface area contributed by atoms with Gasteiger partial charge in [-0.25, -0.2) is 0 Å². The van der Waals surface area contributed by atoms with Crippen molar-refractivity contribution in [3.8, 4) is 5.75 Å². The standard InChI is InChI=1S/C13H15N3O/c1-17-13-4-2-12(3-5-13)16-8-10-6-11(14)9-15-7-10/h2-7,9,16H,8,14H2,1H3. The second kappa shape index (κ2) is 5.21. The topological polar surface area (TPSA) is 60.2 Å². The molecule has 88 valence electrons. The van der Waals surface area contributed by atoms with Crippen molar-refractivity contribution in [2.45, 2.75) is 6.54 Å². The maximum absolute atomic E-state index is 5.66. The maximum Gasteiger partial charge on any atom is 0.119 e. The second-order valence-electron chi connectivity index (χ2n) is 3.71. The van der Waals surface area contributed by atoms with E-state index in [-0.39, 0.29) is 0 Å². The van der Waals surface area contributed by atoms with Crippen LogP contribution in [-0.4, -0.2) is 12.1 Å². The third kappa shape index (κ3) is 3.11. The van der Waals surface area contributed by atoms with Crippen molar-refractivity contribution in [2.24, 2.45) is 0 Å². The number of ether oxygens (including phenoxy) is 1. The number of nitrogen functional groups attached to an aromatic ring is 1. The summed E-state index contributed by atoms with van der Waals surface area (Å²) in [6.45, 7) is 0.699. The number of aromatic nitrogens is 1. The number of nitrogens with one attached hydrogen (secondary N) is 1. The molecular weight excluding hydrogens is 214 g/mol. The fraction of sp³-hybridized carbons (Fsp3) is 0.154. The summed E-state index contributed by atoms with van der Waals surface area (Å²) in [5.74, 6) is 0.848. The lowest BCUT2D eigenvalue weighted by molar-refractivity contribution is 0.415. The van der Waals surface area contributed by atoms with Gasteiger partial charge in [0, 0.05) is 24.6 Å². The number of nitrogens with two attached hydrogens (primary N) is 1. The lowest BCUT2D eigenvalue weighted by atomic mass is 10.2. The van der Waals surface area contributed by atoms with Crippen LogP contribution in [0.4, 0.5) is 11.4 Å². The molecule has 0 saturated heterocycles. The van der Waals surface area contributed by atoms with Gasteiger partial charge in [0.05, 0.1) is 12.8 Å². The molecule has 0 bridgehead atoms. The van der Waals surface area contributed by atoms with E-state index in [1.165, 1.54) is 0 Å². The zero-order chi connectivity index (χ0) is 12.1. The minimum Gasteiger partial charge on any atom is -0.497 e. The van der Waals surface area contributed by atoms with Crippen LogP contribution >= 0.6 is 0 Å². The van der Waals surface area contributed by atoms with Crippen LogP contribution in [0.1, 0.15) is 5.56 Å². The predicted octanol–water partition coefficient (Wildman–Crippen LogP) is 2.28. The highest BCUT2D eigenvalue weighted by Gasteiger charge is 1.96. The Morgan fingerprint density at radius 3 is 2.65 bits per heavy atom. The van der Waals surface area contributed by atoms with E-state index in [0.717, 1.165) is 17.0 Å². The maximum atomic E-state index is 5.66. The van der Waals surface area contributed by atoms with Gasteiger partial charge in [-0.3, -0.25) is 4.98 Å². The molecule has 0 spiro atoms. The minimum absolute atomic E-state index is 0.680. The van der Waals surface area contributed by atoms with Crippen LogP contribution in [0.3, 0.4) is 0 Å². The number of benzene rings is 1. The van der Waals surface area contributed by atoms with Gasteiger partial charge in [-0.15, -0.1) is 0 Å². The molecule has 17 heavy (non-hydrogen) atoms. The van der Waals surface area contributed by atoms with Crippen LogP contribution in [-0.2, 0) is 6.54 Å². The Morgan fingerprint density at radius 2 is 2.00 bits per heavy atom. The molecule has 2 aromatic rings. The van der Waals surface area contributed by atoms with Crippen molar-refractivity contribution < 1.29 is 4.74 Å². The van der Waals surface area contributed by atoms with Crippen LogP contribution < -0.4 is 15.8 Å². The van der Waals surface area contributed by atoms with Crippen molar-refractivity contribution in [2.75, 3.05) is 18.2 Å². The number of hydrogen-bond donors (Lipinski definition) is 2. The van der Waals surface area contributed by atoms with Gasteiger partial charge in [0.15, 0.2) is 0 Å². The first-order valence-corrected chi connectivity index (χ1v) is 5.35. The average molecular weight is 229 g/mol. The molecule has 0 fully saturated rings. The summed E-state index contributed by atoms with van der Waals surface area (Å²) in [6, 6.07) is 9.68. The van der Waals surface area contributed by atoms with Gasteiger partial charge in [0.2, 0.25) is 0 Å². The summed E-state index contributed by atoms with van der Waals surface area (Å²) >= 11 is 0. The summed E-state index contributed by atoms with van der Waals surface area (Å²) in [5.41, 5.74) is 8.43. The molecule has 3 N–H and O–H groups in total. The third-order valence-corrected chi connectivity index (χ3v) is 2.40. The Balaban J connectivity index is 1.97. The largest absolute Gasteiger partial charge is 0.497 e. The fourth-order valence-corrected chi connectivity index (χ4v) is 1.52. The Hall–Kier alpha value is -2.23. The first kappa shape index (κ1) is 11.3. The quantitative estimate of drug-likeness (QED) is 0.844. The second-order valence-corrected chi connectivity index (χ2v) is 3.71. The first-order valence-electron chi connectivity index (χ1n) is 5.35. The molecule has 0 amide bonds. The van der Waals surface area contributed by atoms with Crippen LogP contribution in [0.25, 0.3) is 0 Å². The van der Waals surface area contributed by atoms with E-state index in [9.17, 15) is 0 Å². The Labute approximate surface area is 100 Å². The lowest BCUT2D eigenvalue weighted by Crippen LogP contribution is -2.00. The van der Waals surface area contributed by atoms with Crippen molar-refractivity contribution in [1.82, 2.24) is 4.98 Å². The van der Waals surface area contributed by atoms with E-state index in [0.29, 0.717) is 12.2 Å². The molecule has 0 atom stereocenters. The summed E-state index contributed by atoms with van der Waals surface area (Å²) in [7, 11) is 1.65. The van der Waals surface area contributed by atoms with Gasteiger partial charge in [-0.1, -0.05) is 0 Å². The molecule has 1 heterocycles. The molecule has 0 radical (unpaired) electrons. The van der Waals surface area contributed by atoms with Crippen LogP contribution in [0.15, 0.2) is 42.7 Å². The van der Waals surface area contributed by atoms with Gasteiger partial charge in [0.25, 0.3) is 0 Å². The first-order chi connectivity index (χ1) is 8.28. The Bertz CT molecular complexity index is 482. The zero-order valence-corrected chi connectivity index (χ0v) is 9.68. The molecule has 1 aromatic carbocycles. The monoisotopic (exact) mass is 229 g/mol. The van der Waals surface area contributed by atoms with Gasteiger partial charge >= 0.3 is 0 Å². The molecule has 1 aromatic heterocycles. The van der Waals surface area contributed by atoms with Crippen molar-refractivity contribution in [3.05, 3.63) is 48.3 Å². The highest BCUT2D eigenvalue weighted by Crippen LogP contribution is 2.16. The van der Waals surface area contributed by atoms with E-state index >= 15 is 0 Å². The molecule has 4 nitrogen and oxygen atoms in total. The van der Waals surface area contributed by atoms with Crippen LogP contribution in [0.5, 0.6) is 5.75 Å². The Morgan fingerprint density at radius 1 is 1.24 bits per heavy atom. The number of pyridine rings is 1. The molecule has 2 rings (SSSR count). The van der Waals surface area contributed by atoms with Crippen molar-refractivity contribution in [3.63, 3.8) is 0 Å². The number of nitrogens with zero attached hydrogens (tertiary/aromatic N) is 1. The molecule has 0 unspecified atom stereocenters. The number of hydrogen-bond acceptors (Lipinski definition) is 4. The molecule has 4 heteroatoms. The summed E-state index contributed by atoms with van der Waals surface area (Å²) < 4.78 is 5.09. The molecule has 0 saturated carbocycles. The van der Waals surface area contributed by atoms with E-state index < -0.39 is 0 Å². The smallest absolute Gasteiger partial charge is 0.119 e. The number of rotatable bonds is 4. The normalized spacial score (nSPS) is 9.94.